The van der Waals surface area contributed by atoms with E-state index in [-0.39, 0.29) is 5.91 Å². The van der Waals surface area contributed by atoms with Crippen molar-refractivity contribution in [2.75, 3.05) is 9.91 Å². The molecule has 0 aromatic heterocycles. The molecule has 1 spiro atoms. The number of anilines is 2. The monoisotopic (exact) mass is 566 g/mol. The van der Waals surface area contributed by atoms with Gasteiger partial charge in [-0.25, -0.2) is 10.0 Å². The number of nitrogens with zero attached hydrogens (tertiary/aromatic N) is 4. The molecule has 5 nitrogen and oxygen atoms in total. The van der Waals surface area contributed by atoms with Crippen LogP contribution in [0.25, 0.3) is 0 Å². The van der Waals surface area contributed by atoms with E-state index in [9.17, 15) is 0 Å². The number of para-hydroxylation sites is 1. The summed E-state index contributed by atoms with van der Waals surface area (Å²) in [4.78, 5) is 22.5. The van der Waals surface area contributed by atoms with Crippen molar-refractivity contribution < 1.29 is 4.79 Å². The number of aliphatic imine (C=N–C) groups is 1. The first-order valence-corrected chi connectivity index (χ1v) is 14.3. The van der Waals surface area contributed by atoms with Gasteiger partial charge in [0.1, 0.15) is 5.84 Å². The SMILES string of the molecule is Cc1ccc(N2C(=O)[C@]3(N=C2c2ccccc2)[C@H](c2ccc(Cl)cc2)C(c2ccccc2)=NN3c2ccccc2)cc1. The Kier molecular flexibility index (Phi) is 6.45. The molecule has 2 atom stereocenters. The molecule has 0 saturated heterocycles. The van der Waals surface area contributed by atoms with Gasteiger partial charge in [-0.3, -0.25) is 9.69 Å². The second kappa shape index (κ2) is 10.4. The van der Waals surface area contributed by atoms with Gasteiger partial charge in [0, 0.05) is 10.6 Å². The Balaban J connectivity index is 1.54. The summed E-state index contributed by atoms with van der Waals surface area (Å²) in [5, 5.41) is 7.66. The summed E-state index contributed by atoms with van der Waals surface area (Å²) in [6.07, 6.45) is 0. The first kappa shape index (κ1) is 25.9. The lowest BCUT2D eigenvalue weighted by Crippen LogP contribution is -2.55. The van der Waals surface area contributed by atoms with Gasteiger partial charge in [0.25, 0.3) is 5.91 Å². The van der Waals surface area contributed by atoms with Crippen molar-refractivity contribution in [3.05, 3.63) is 167 Å². The molecule has 0 N–H and O–H groups in total. The summed E-state index contributed by atoms with van der Waals surface area (Å²) in [6.45, 7) is 2.04. The van der Waals surface area contributed by atoms with Crippen molar-refractivity contribution in [3.8, 4) is 0 Å². The Morgan fingerprint density at radius 3 is 1.86 bits per heavy atom. The molecular formula is C36H27ClN4O. The summed E-state index contributed by atoms with van der Waals surface area (Å²) >= 11 is 6.35. The number of carbonyl (C=O) groups excluding carboxylic acids is 1. The molecule has 0 saturated carbocycles. The molecule has 1 amide bonds. The van der Waals surface area contributed by atoms with Crippen molar-refractivity contribution in [2.24, 2.45) is 10.1 Å². The molecule has 0 fully saturated rings. The van der Waals surface area contributed by atoms with E-state index in [0.29, 0.717) is 10.9 Å². The number of halogens is 1. The summed E-state index contributed by atoms with van der Waals surface area (Å²) in [5.41, 5.74) is 4.63. The Hall–Kier alpha value is -5.00. The predicted octanol–water partition coefficient (Wildman–Crippen LogP) is 7.85. The summed E-state index contributed by atoms with van der Waals surface area (Å²) in [7, 11) is 0. The van der Waals surface area contributed by atoms with Gasteiger partial charge in [0.15, 0.2) is 0 Å². The minimum absolute atomic E-state index is 0.177. The van der Waals surface area contributed by atoms with Gasteiger partial charge in [0.2, 0.25) is 5.66 Å². The third-order valence-electron chi connectivity index (χ3n) is 7.81. The Morgan fingerprint density at radius 2 is 1.24 bits per heavy atom. The van der Waals surface area contributed by atoms with Crippen LogP contribution in [-0.2, 0) is 4.79 Å². The zero-order chi connectivity index (χ0) is 28.7. The minimum Gasteiger partial charge on any atom is -0.269 e. The van der Waals surface area contributed by atoms with Crippen molar-refractivity contribution >= 4 is 40.4 Å². The molecule has 2 aliphatic heterocycles. The molecule has 6 heteroatoms. The number of rotatable bonds is 5. The van der Waals surface area contributed by atoms with Crippen LogP contribution in [0.2, 0.25) is 5.02 Å². The molecule has 0 unspecified atom stereocenters. The number of carbonyl (C=O) groups is 1. The van der Waals surface area contributed by atoms with Crippen LogP contribution in [0.15, 0.2) is 150 Å². The molecule has 5 aromatic carbocycles. The maximum absolute atomic E-state index is 15.3. The summed E-state index contributed by atoms with van der Waals surface area (Å²) in [5.74, 6) is -0.128. The molecule has 204 valence electrons. The number of hydrogen-bond acceptors (Lipinski definition) is 4. The quantitative estimate of drug-likeness (QED) is 0.217. The topological polar surface area (TPSA) is 48.3 Å². The molecule has 2 heterocycles. The van der Waals surface area contributed by atoms with Gasteiger partial charge in [-0.2, -0.15) is 5.10 Å². The van der Waals surface area contributed by atoms with E-state index in [0.717, 1.165) is 39.3 Å². The van der Waals surface area contributed by atoms with E-state index in [1.165, 1.54) is 0 Å². The van der Waals surface area contributed by atoms with Crippen LogP contribution >= 0.6 is 11.6 Å². The standard InChI is InChI=1S/C36H27ClN4O/c1-25-17-23-30(24-18-25)40-34(28-13-7-3-8-14-28)38-36(35(40)42)32(26-19-21-29(37)22-20-26)33(27-11-5-2-6-12-27)39-41(36)31-15-9-4-10-16-31/h2-24,32H,1H3/t32-,36+/m1/s1. The van der Waals surface area contributed by atoms with Crippen LogP contribution in [0.3, 0.4) is 0 Å². The number of amides is 1. The molecular weight excluding hydrogens is 540 g/mol. The van der Waals surface area contributed by atoms with E-state index in [4.69, 9.17) is 21.7 Å². The molecule has 0 bridgehead atoms. The third-order valence-corrected chi connectivity index (χ3v) is 8.06. The van der Waals surface area contributed by atoms with Crippen LogP contribution < -0.4 is 9.91 Å². The molecule has 7 rings (SSSR count). The van der Waals surface area contributed by atoms with Gasteiger partial charge in [-0.1, -0.05) is 120 Å². The number of hydrogen-bond donors (Lipinski definition) is 0. The summed E-state index contributed by atoms with van der Waals surface area (Å²) < 4.78 is 0. The highest BCUT2D eigenvalue weighted by molar-refractivity contribution is 6.33. The highest BCUT2D eigenvalue weighted by Gasteiger charge is 2.63. The van der Waals surface area contributed by atoms with E-state index in [1.807, 2.05) is 151 Å². The molecule has 0 radical (unpaired) electrons. The number of hydrazone groups is 1. The molecule has 42 heavy (non-hydrogen) atoms. The average Bonchev–Trinajstić information content (AvgIpc) is 3.54. The highest BCUT2D eigenvalue weighted by atomic mass is 35.5. The second-order valence-electron chi connectivity index (χ2n) is 10.5. The molecule has 5 aromatic rings. The predicted molar refractivity (Wildman–Crippen MR) is 170 cm³/mol. The maximum Gasteiger partial charge on any atom is 0.284 e. The normalized spacial score (nSPS) is 19.8. The van der Waals surface area contributed by atoms with Crippen LogP contribution in [0, 0.1) is 6.92 Å². The highest BCUT2D eigenvalue weighted by Crippen LogP contribution is 2.50. The number of amidine groups is 1. The van der Waals surface area contributed by atoms with Gasteiger partial charge in [-0.05, 0) is 54.4 Å². The van der Waals surface area contributed by atoms with Gasteiger partial charge >= 0.3 is 0 Å². The fourth-order valence-electron chi connectivity index (χ4n) is 5.82. The lowest BCUT2D eigenvalue weighted by Gasteiger charge is -2.35. The van der Waals surface area contributed by atoms with Crippen LogP contribution in [0.1, 0.15) is 28.2 Å². The van der Waals surface area contributed by atoms with Crippen molar-refractivity contribution in [3.63, 3.8) is 0 Å². The van der Waals surface area contributed by atoms with Crippen molar-refractivity contribution in [2.45, 2.75) is 18.5 Å². The Bertz CT molecular complexity index is 1800. The third kappa shape index (κ3) is 4.21. The van der Waals surface area contributed by atoms with Crippen LogP contribution in [0.5, 0.6) is 0 Å². The van der Waals surface area contributed by atoms with Gasteiger partial charge < -0.3 is 0 Å². The van der Waals surface area contributed by atoms with Crippen molar-refractivity contribution in [1.29, 1.82) is 0 Å². The van der Waals surface area contributed by atoms with E-state index in [1.54, 1.807) is 4.90 Å². The van der Waals surface area contributed by atoms with E-state index >= 15 is 4.79 Å². The lowest BCUT2D eigenvalue weighted by atomic mass is 9.80. The summed E-state index contributed by atoms with van der Waals surface area (Å²) in [6, 6.07) is 45.3. The first-order valence-electron chi connectivity index (χ1n) is 13.9. The molecule has 0 aliphatic carbocycles. The lowest BCUT2D eigenvalue weighted by molar-refractivity contribution is -0.121. The maximum atomic E-state index is 15.3. The van der Waals surface area contributed by atoms with Crippen LogP contribution in [-0.4, -0.2) is 23.1 Å². The average molecular weight is 567 g/mol. The van der Waals surface area contributed by atoms with E-state index in [2.05, 4.69) is 0 Å². The zero-order valence-corrected chi connectivity index (χ0v) is 23.7. The van der Waals surface area contributed by atoms with E-state index < -0.39 is 11.6 Å². The fourth-order valence-corrected chi connectivity index (χ4v) is 5.94. The van der Waals surface area contributed by atoms with Crippen LogP contribution in [0.4, 0.5) is 11.4 Å². The fraction of sp³-hybridized carbons (Fsp3) is 0.0833. The minimum atomic E-state index is -1.43. The number of aryl methyl sites for hydroxylation is 1. The second-order valence-corrected chi connectivity index (χ2v) is 10.9. The Morgan fingerprint density at radius 1 is 0.667 bits per heavy atom. The largest absolute Gasteiger partial charge is 0.284 e. The smallest absolute Gasteiger partial charge is 0.269 e. The van der Waals surface area contributed by atoms with Gasteiger partial charge in [0.05, 0.1) is 23.0 Å². The number of benzene rings is 5. The first-order chi connectivity index (χ1) is 20.6. The molecule has 2 aliphatic rings. The van der Waals surface area contributed by atoms with Gasteiger partial charge in [-0.15, -0.1) is 0 Å². The van der Waals surface area contributed by atoms with Crippen molar-refractivity contribution in [1.82, 2.24) is 0 Å². The zero-order valence-electron chi connectivity index (χ0n) is 22.9. The Labute approximate surface area is 250 Å².